The van der Waals surface area contributed by atoms with E-state index in [-0.39, 0.29) is 5.91 Å². The average Bonchev–Trinajstić information content (AvgIpc) is 2.93. The van der Waals surface area contributed by atoms with E-state index in [2.05, 4.69) is 5.32 Å². The van der Waals surface area contributed by atoms with Crippen LogP contribution in [0.4, 0.5) is 0 Å². The molecule has 0 aliphatic heterocycles. The van der Waals surface area contributed by atoms with Gasteiger partial charge in [0.2, 0.25) is 5.91 Å². The Morgan fingerprint density at radius 1 is 1.22 bits per heavy atom. The third kappa shape index (κ3) is 4.17. The first-order valence-electron chi connectivity index (χ1n) is 8.67. The zero-order valence-corrected chi connectivity index (χ0v) is 16.6. The summed E-state index contributed by atoms with van der Waals surface area (Å²) in [4.78, 5) is 12.3. The van der Waals surface area contributed by atoms with E-state index in [1.807, 2.05) is 45.0 Å². The summed E-state index contributed by atoms with van der Waals surface area (Å²) in [6.45, 7) is 6.30. The van der Waals surface area contributed by atoms with E-state index in [4.69, 9.17) is 20.8 Å². The number of carbonyl (C=O) groups is 1. The lowest BCUT2D eigenvalue weighted by molar-refractivity contribution is -0.116. The van der Waals surface area contributed by atoms with Crippen molar-refractivity contribution in [2.24, 2.45) is 0 Å². The molecule has 0 unspecified atom stereocenters. The monoisotopic (exact) mass is 383 g/mol. The first kappa shape index (κ1) is 19.1. The van der Waals surface area contributed by atoms with E-state index in [1.54, 1.807) is 25.3 Å². The molecule has 1 amide bonds. The number of amides is 1. The van der Waals surface area contributed by atoms with Crippen LogP contribution in [0, 0.1) is 13.8 Å². The Morgan fingerprint density at radius 3 is 2.59 bits per heavy atom. The third-order valence-electron chi connectivity index (χ3n) is 4.65. The average molecular weight is 384 g/mol. The molecular formula is C22H22ClNO3. The summed E-state index contributed by atoms with van der Waals surface area (Å²) in [5.74, 6) is 1.40. The summed E-state index contributed by atoms with van der Waals surface area (Å²) in [7, 11) is 1.61. The van der Waals surface area contributed by atoms with E-state index >= 15 is 0 Å². The number of furan rings is 1. The van der Waals surface area contributed by atoms with Gasteiger partial charge in [-0.1, -0.05) is 23.7 Å². The van der Waals surface area contributed by atoms with Crippen LogP contribution in [0.15, 0.2) is 46.9 Å². The van der Waals surface area contributed by atoms with Crippen molar-refractivity contribution < 1.29 is 13.9 Å². The number of rotatable bonds is 5. The minimum atomic E-state index is -0.162. The number of halogens is 1. The van der Waals surface area contributed by atoms with Crippen LogP contribution in [0.1, 0.15) is 29.4 Å². The Bertz CT molecular complexity index is 1020. The van der Waals surface area contributed by atoms with Crippen molar-refractivity contribution in [1.29, 1.82) is 0 Å². The number of hydrogen-bond acceptors (Lipinski definition) is 3. The van der Waals surface area contributed by atoms with Crippen LogP contribution in [-0.2, 0) is 11.3 Å². The Balaban J connectivity index is 1.82. The third-order valence-corrected chi connectivity index (χ3v) is 4.90. The quantitative estimate of drug-likeness (QED) is 0.597. The number of carbonyl (C=O) groups excluding carboxylic acids is 1. The molecule has 0 bridgehead atoms. The summed E-state index contributed by atoms with van der Waals surface area (Å²) in [5.41, 5.74) is 4.55. The lowest BCUT2D eigenvalue weighted by atomic mass is 10.0. The van der Waals surface area contributed by atoms with Crippen molar-refractivity contribution in [3.8, 4) is 5.75 Å². The van der Waals surface area contributed by atoms with Crippen molar-refractivity contribution in [1.82, 2.24) is 5.32 Å². The van der Waals surface area contributed by atoms with Crippen LogP contribution >= 0.6 is 11.6 Å². The van der Waals surface area contributed by atoms with Crippen LogP contribution in [0.2, 0.25) is 5.02 Å². The molecule has 0 atom stereocenters. The molecule has 0 saturated carbocycles. The molecule has 0 saturated heterocycles. The molecule has 4 nitrogen and oxygen atoms in total. The van der Waals surface area contributed by atoms with Gasteiger partial charge in [0.25, 0.3) is 0 Å². The molecule has 1 N–H and O–H groups in total. The van der Waals surface area contributed by atoms with E-state index in [1.165, 1.54) is 0 Å². The molecule has 0 spiro atoms. The molecule has 0 aliphatic rings. The molecule has 2 aromatic carbocycles. The van der Waals surface area contributed by atoms with Crippen LogP contribution in [0.3, 0.4) is 0 Å². The Morgan fingerprint density at radius 2 is 1.93 bits per heavy atom. The Labute approximate surface area is 163 Å². The van der Waals surface area contributed by atoms with Crippen molar-refractivity contribution in [2.45, 2.75) is 27.3 Å². The number of aryl methyl sites for hydroxylation is 2. The molecule has 3 aromatic rings. The molecule has 0 radical (unpaired) electrons. The second-order valence-corrected chi connectivity index (χ2v) is 6.94. The number of allylic oxidation sites excluding steroid dienone is 1. The second-order valence-electron chi connectivity index (χ2n) is 6.50. The van der Waals surface area contributed by atoms with Crippen LogP contribution in [-0.4, -0.2) is 13.0 Å². The maximum Gasteiger partial charge on any atom is 0.244 e. The molecule has 5 heteroatoms. The van der Waals surface area contributed by atoms with Gasteiger partial charge in [0, 0.05) is 34.7 Å². The van der Waals surface area contributed by atoms with Crippen molar-refractivity contribution in [3.05, 3.63) is 69.9 Å². The summed E-state index contributed by atoms with van der Waals surface area (Å²) in [6, 6.07) is 11.3. The number of fused-ring (bicyclic) bond motifs is 1. The van der Waals surface area contributed by atoms with Crippen LogP contribution in [0.5, 0.6) is 5.75 Å². The van der Waals surface area contributed by atoms with E-state index < -0.39 is 0 Å². The standard InChI is InChI=1S/C22H22ClNO3/c1-13(9-22(25)24-12-16-5-7-17(23)8-6-16)18-10-19-14(2)15(3)27-21(19)11-20(18)26-4/h5-11H,12H2,1-4H3,(H,24,25)/b13-9+. The van der Waals surface area contributed by atoms with Gasteiger partial charge < -0.3 is 14.5 Å². The fourth-order valence-electron chi connectivity index (χ4n) is 2.96. The number of benzene rings is 2. The first-order valence-corrected chi connectivity index (χ1v) is 9.05. The molecule has 3 rings (SSSR count). The van der Waals surface area contributed by atoms with Gasteiger partial charge in [-0.15, -0.1) is 0 Å². The Hall–Kier alpha value is -2.72. The van der Waals surface area contributed by atoms with Gasteiger partial charge in [0.1, 0.15) is 17.1 Å². The van der Waals surface area contributed by atoms with E-state index in [0.717, 1.165) is 39.0 Å². The van der Waals surface area contributed by atoms with Crippen LogP contribution < -0.4 is 10.1 Å². The van der Waals surface area contributed by atoms with Gasteiger partial charge in [-0.2, -0.15) is 0 Å². The lowest BCUT2D eigenvalue weighted by Gasteiger charge is -2.10. The Kier molecular flexibility index (Phi) is 5.57. The predicted octanol–water partition coefficient (Wildman–Crippen LogP) is 5.43. The highest BCUT2D eigenvalue weighted by Crippen LogP contribution is 2.34. The number of ether oxygens (including phenoxy) is 1. The van der Waals surface area contributed by atoms with Crippen molar-refractivity contribution >= 4 is 34.1 Å². The molecule has 1 aromatic heterocycles. The van der Waals surface area contributed by atoms with Gasteiger partial charge in [-0.3, -0.25) is 4.79 Å². The number of methoxy groups -OCH3 is 1. The number of nitrogens with one attached hydrogen (secondary N) is 1. The van der Waals surface area contributed by atoms with E-state index in [0.29, 0.717) is 17.3 Å². The van der Waals surface area contributed by atoms with Crippen LogP contribution in [0.25, 0.3) is 16.5 Å². The largest absolute Gasteiger partial charge is 0.496 e. The first-order chi connectivity index (χ1) is 12.9. The topological polar surface area (TPSA) is 51.5 Å². The summed E-state index contributed by atoms with van der Waals surface area (Å²) in [6.07, 6.45) is 1.59. The molecule has 140 valence electrons. The van der Waals surface area contributed by atoms with Gasteiger partial charge in [-0.05, 0) is 55.7 Å². The molecule has 27 heavy (non-hydrogen) atoms. The summed E-state index contributed by atoms with van der Waals surface area (Å²) >= 11 is 5.88. The minimum Gasteiger partial charge on any atom is -0.496 e. The van der Waals surface area contributed by atoms with Crippen molar-refractivity contribution in [2.75, 3.05) is 7.11 Å². The fraction of sp³-hybridized carbons (Fsp3) is 0.227. The minimum absolute atomic E-state index is 0.162. The summed E-state index contributed by atoms with van der Waals surface area (Å²) < 4.78 is 11.3. The maximum absolute atomic E-state index is 12.3. The molecule has 0 aliphatic carbocycles. The normalized spacial score (nSPS) is 11.7. The zero-order valence-electron chi connectivity index (χ0n) is 15.9. The van der Waals surface area contributed by atoms with Gasteiger partial charge in [0.05, 0.1) is 7.11 Å². The highest BCUT2D eigenvalue weighted by atomic mass is 35.5. The van der Waals surface area contributed by atoms with Gasteiger partial charge >= 0.3 is 0 Å². The highest BCUT2D eigenvalue weighted by Gasteiger charge is 2.14. The van der Waals surface area contributed by atoms with E-state index in [9.17, 15) is 4.79 Å². The van der Waals surface area contributed by atoms with Crippen molar-refractivity contribution in [3.63, 3.8) is 0 Å². The SMILES string of the molecule is COc1cc2oc(C)c(C)c2cc1/C(C)=C/C(=O)NCc1ccc(Cl)cc1. The molecular weight excluding hydrogens is 362 g/mol. The second kappa shape index (κ2) is 7.89. The summed E-state index contributed by atoms with van der Waals surface area (Å²) in [5, 5.41) is 4.59. The highest BCUT2D eigenvalue weighted by molar-refractivity contribution is 6.30. The smallest absolute Gasteiger partial charge is 0.244 e. The zero-order chi connectivity index (χ0) is 19.6. The molecule has 0 fully saturated rings. The maximum atomic E-state index is 12.3. The fourth-order valence-corrected chi connectivity index (χ4v) is 3.09. The predicted molar refractivity (Wildman–Crippen MR) is 109 cm³/mol. The lowest BCUT2D eigenvalue weighted by Crippen LogP contribution is -2.20. The van der Waals surface area contributed by atoms with Gasteiger partial charge in [0.15, 0.2) is 0 Å². The molecule has 1 heterocycles. The van der Waals surface area contributed by atoms with Gasteiger partial charge in [-0.25, -0.2) is 0 Å². The number of hydrogen-bond donors (Lipinski definition) is 1.